The lowest BCUT2D eigenvalue weighted by Gasteiger charge is -2.26. The second kappa shape index (κ2) is 15.5. The summed E-state index contributed by atoms with van der Waals surface area (Å²) in [6.45, 7) is 0. The maximum atomic E-state index is 13.2. The van der Waals surface area contributed by atoms with Crippen LogP contribution in [-0.2, 0) is 6.42 Å². The minimum atomic E-state index is -0.0954. The summed E-state index contributed by atoms with van der Waals surface area (Å²) in [7, 11) is 0. The molecule has 0 spiro atoms. The van der Waals surface area contributed by atoms with Gasteiger partial charge in [-0.25, -0.2) is 0 Å². The number of allylic oxidation sites excluding steroid dienone is 2. The number of aromatic nitrogens is 3. The van der Waals surface area contributed by atoms with E-state index >= 15 is 0 Å². The van der Waals surface area contributed by atoms with Crippen molar-refractivity contribution in [1.82, 2.24) is 13.7 Å². The quantitative estimate of drug-likeness (QED) is 0.165. The zero-order valence-electron chi connectivity index (χ0n) is 38.8. The summed E-state index contributed by atoms with van der Waals surface area (Å²) in [5.74, 6) is 0.0246. The molecule has 9 aromatic carbocycles. The Morgan fingerprint density at radius 1 is 0.370 bits per heavy atom. The number of hydrogen-bond acceptors (Lipinski definition) is 6. The van der Waals surface area contributed by atoms with Gasteiger partial charge in [-0.1, -0.05) is 66.7 Å². The third kappa shape index (κ3) is 6.12. The maximum Gasteiger partial charge on any atom is 0.192 e. The zero-order valence-corrected chi connectivity index (χ0v) is 38.8. The molecule has 1 aliphatic rings. The molecule has 0 unspecified atom stereocenters. The highest BCUT2D eigenvalue weighted by molar-refractivity contribution is 6.15. The Bertz CT molecular complexity index is 4660. The molecule has 14 aromatic rings. The molecule has 0 bridgehead atoms. The molecule has 0 saturated carbocycles. The Morgan fingerprint density at radius 3 is 1.25 bits per heavy atom. The van der Waals surface area contributed by atoms with Crippen molar-refractivity contribution in [2.24, 2.45) is 0 Å². The molecule has 0 radical (unpaired) electrons. The van der Waals surface area contributed by atoms with E-state index in [1.54, 1.807) is 6.08 Å². The number of carbonyl (C=O) groups is 1. The van der Waals surface area contributed by atoms with E-state index in [0.717, 1.165) is 117 Å². The fourth-order valence-corrected chi connectivity index (χ4v) is 11.5. The summed E-state index contributed by atoms with van der Waals surface area (Å²) in [6.07, 6.45) is 7.21. The topological polar surface area (TPSA) is 95.5 Å². The van der Waals surface area contributed by atoms with Crippen molar-refractivity contribution in [3.05, 3.63) is 250 Å². The molecule has 5 heterocycles. The van der Waals surface area contributed by atoms with E-state index in [4.69, 9.17) is 8.83 Å². The van der Waals surface area contributed by atoms with Crippen LogP contribution in [-0.4, -0.2) is 19.5 Å². The van der Waals surface area contributed by atoms with Crippen LogP contribution >= 0.6 is 0 Å². The number of benzene rings is 9. The zero-order chi connectivity index (χ0) is 48.5. The van der Waals surface area contributed by atoms with Gasteiger partial charge in [-0.3, -0.25) is 14.4 Å². The molecule has 0 amide bonds. The van der Waals surface area contributed by atoms with Gasteiger partial charge < -0.3 is 27.4 Å². The van der Waals surface area contributed by atoms with Crippen LogP contribution in [0.3, 0.4) is 0 Å². The first kappa shape index (κ1) is 40.9. The Balaban J connectivity index is 0.969. The second-order valence-electron chi connectivity index (χ2n) is 18.7. The van der Waals surface area contributed by atoms with Gasteiger partial charge in [0.25, 0.3) is 0 Å². The molecule has 0 saturated heterocycles. The Kier molecular flexibility index (Phi) is 8.68. The number of anilines is 3. The lowest BCUT2D eigenvalue weighted by atomic mass is 9.95. The van der Waals surface area contributed by atoms with E-state index in [-0.39, 0.29) is 16.6 Å². The van der Waals surface area contributed by atoms with Crippen molar-refractivity contribution in [3.8, 4) is 17.1 Å². The van der Waals surface area contributed by atoms with Gasteiger partial charge in [-0.2, -0.15) is 0 Å². The third-order valence-electron chi connectivity index (χ3n) is 14.8. The van der Waals surface area contributed by atoms with E-state index in [1.807, 2.05) is 60.7 Å². The van der Waals surface area contributed by atoms with Crippen LogP contribution in [0.2, 0.25) is 0 Å². The van der Waals surface area contributed by atoms with Gasteiger partial charge in [0.1, 0.15) is 11.2 Å². The average molecular weight is 943 g/mol. The smallest absolute Gasteiger partial charge is 0.192 e. The first-order valence-corrected chi connectivity index (χ1v) is 24.2. The lowest BCUT2D eigenvalue weighted by molar-refractivity contribution is 0.104. The fraction of sp³-hybridized carbons (Fsp3) is 0.0156. The average Bonchev–Trinajstić information content (AvgIpc) is 4.08. The van der Waals surface area contributed by atoms with E-state index in [2.05, 4.69) is 146 Å². The van der Waals surface area contributed by atoms with Crippen molar-refractivity contribution < 1.29 is 13.6 Å². The van der Waals surface area contributed by atoms with E-state index < -0.39 is 0 Å². The molecule has 344 valence electrons. The SMILES string of the molecule is O=C1C=CCc2ccc(-n3c4ccccc4c4cc(N(c5ccc6c(c5)c5ccccc5n6-c5ccc6occc(=O)c6c5)c5ccc6c(c5)c5ccccc5n6-c5ccc6occc(=O)c6c5)ccc43)cc21. The second-order valence-corrected chi connectivity index (χ2v) is 18.7. The molecule has 9 nitrogen and oxygen atoms in total. The lowest BCUT2D eigenvalue weighted by Crippen LogP contribution is -2.10. The van der Waals surface area contributed by atoms with E-state index in [9.17, 15) is 14.4 Å². The van der Waals surface area contributed by atoms with E-state index in [0.29, 0.717) is 21.9 Å². The minimum Gasteiger partial charge on any atom is -0.464 e. The molecule has 0 N–H and O–H groups in total. The molecule has 5 aromatic heterocycles. The number of fused-ring (bicyclic) bond motifs is 12. The molecule has 9 heteroatoms. The van der Waals surface area contributed by atoms with Crippen molar-refractivity contribution in [3.63, 3.8) is 0 Å². The predicted molar refractivity (Wildman–Crippen MR) is 293 cm³/mol. The first-order chi connectivity index (χ1) is 35.9. The van der Waals surface area contributed by atoms with Crippen LogP contribution in [0.25, 0.3) is 104 Å². The fourth-order valence-electron chi connectivity index (χ4n) is 11.5. The van der Waals surface area contributed by atoms with Crippen molar-refractivity contribution >= 4 is 110 Å². The van der Waals surface area contributed by atoms with Crippen LogP contribution in [0.4, 0.5) is 17.1 Å². The number of rotatable bonds is 6. The molecule has 1 aliphatic carbocycles. The van der Waals surface area contributed by atoms with Crippen LogP contribution in [0.1, 0.15) is 15.9 Å². The number of nitrogens with zero attached hydrogens (tertiary/aromatic N) is 4. The van der Waals surface area contributed by atoms with Gasteiger partial charge >= 0.3 is 0 Å². The highest BCUT2D eigenvalue weighted by atomic mass is 16.3. The van der Waals surface area contributed by atoms with Gasteiger partial charge in [0, 0.05) is 84.1 Å². The van der Waals surface area contributed by atoms with E-state index in [1.165, 1.54) is 24.7 Å². The van der Waals surface area contributed by atoms with Crippen molar-refractivity contribution in [2.45, 2.75) is 6.42 Å². The molecule has 0 aliphatic heterocycles. The summed E-state index contributed by atoms with van der Waals surface area (Å²) < 4.78 is 18.1. The Morgan fingerprint density at radius 2 is 0.781 bits per heavy atom. The van der Waals surface area contributed by atoms with Gasteiger partial charge in [0.15, 0.2) is 16.6 Å². The Hall–Kier alpha value is -9.99. The van der Waals surface area contributed by atoms with Gasteiger partial charge in [0.05, 0.1) is 56.4 Å². The van der Waals surface area contributed by atoms with Crippen molar-refractivity contribution in [1.29, 1.82) is 0 Å². The minimum absolute atomic E-state index is 0.0246. The van der Waals surface area contributed by atoms with Crippen LogP contribution in [0.5, 0.6) is 0 Å². The molecular formula is C64H38N4O5. The summed E-state index contributed by atoms with van der Waals surface area (Å²) >= 11 is 0. The number of ketones is 1. The van der Waals surface area contributed by atoms with Gasteiger partial charge in [-0.15, -0.1) is 0 Å². The molecule has 73 heavy (non-hydrogen) atoms. The highest BCUT2D eigenvalue weighted by Crippen LogP contribution is 2.45. The highest BCUT2D eigenvalue weighted by Gasteiger charge is 2.23. The molecule has 0 atom stereocenters. The standard InChI is InChI=1S/C64H38N4O5/c69-60-15-7-8-38-16-17-42(32-48(38)60)66-54-12-4-1-9-45(54)49-33-39(18-23-57(49)66)65(40-19-24-58-50(34-40)46-10-2-5-13-55(46)67(58)43-21-26-63-52(36-43)61(70)28-30-72-63)41-20-25-59-51(35-41)47-11-3-6-14-56(47)68(59)44-22-27-64-53(37-44)62(71)29-31-73-64/h1-7,9-37H,8H2. The van der Waals surface area contributed by atoms with Crippen LogP contribution < -0.4 is 15.8 Å². The molecular weight excluding hydrogens is 905 g/mol. The summed E-state index contributed by atoms with van der Waals surface area (Å²) in [4.78, 5) is 41.7. The third-order valence-corrected chi connectivity index (χ3v) is 14.8. The normalized spacial score (nSPS) is 12.7. The summed E-state index contributed by atoms with van der Waals surface area (Å²) in [5, 5.41) is 7.43. The van der Waals surface area contributed by atoms with Crippen LogP contribution in [0.15, 0.2) is 237 Å². The Labute approximate surface area is 414 Å². The number of para-hydroxylation sites is 3. The number of hydrogen-bond donors (Lipinski definition) is 0. The monoisotopic (exact) mass is 942 g/mol. The molecule has 15 rings (SSSR count). The largest absolute Gasteiger partial charge is 0.464 e. The predicted octanol–water partition coefficient (Wildman–Crippen LogP) is 15.0. The summed E-state index contributed by atoms with van der Waals surface area (Å²) in [6, 6.07) is 65.8. The first-order valence-electron chi connectivity index (χ1n) is 24.2. The summed E-state index contributed by atoms with van der Waals surface area (Å²) in [5.41, 5.74) is 14.2. The van der Waals surface area contributed by atoms with Gasteiger partial charge in [0.2, 0.25) is 0 Å². The number of carbonyl (C=O) groups excluding carboxylic acids is 1. The van der Waals surface area contributed by atoms with Gasteiger partial charge in [-0.05, 0) is 139 Å². The van der Waals surface area contributed by atoms with Crippen LogP contribution in [0, 0.1) is 0 Å². The van der Waals surface area contributed by atoms with Crippen molar-refractivity contribution in [2.75, 3.05) is 4.90 Å². The maximum absolute atomic E-state index is 13.2. The molecule has 0 fully saturated rings.